The number of aromatic nitrogens is 2. The fourth-order valence-electron chi connectivity index (χ4n) is 2.65. The number of nitrogens with one attached hydrogen (secondary N) is 1. The average Bonchev–Trinajstić information content (AvgIpc) is 3.01. The third-order valence-corrected chi connectivity index (χ3v) is 3.65. The highest BCUT2D eigenvalue weighted by atomic mass is 15.3. The maximum absolute atomic E-state index is 4.23. The maximum atomic E-state index is 4.23. The van der Waals surface area contributed by atoms with E-state index >= 15 is 0 Å². The van der Waals surface area contributed by atoms with E-state index in [2.05, 4.69) is 22.2 Å². The van der Waals surface area contributed by atoms with Gasteiger partial charge in [0.1, 0.15) is 0 Å². The minimum Gasteiger partial charge on any atom is -0.316 e. The lowest BCUT2D eigenvalue weighted by Crippen LogP contribution is -2.27. The number of hydrogen-bond acceptors (Lipinski definition) is 3. The van der Waals surface area contributed by atoms with E-state index in [0.717, 1.165) is 19.0 Å². The van der Waals surface area contributed by atoms with Gasteiger partial charge in [0.25, 0.3) is 0 Å². The summed E-state index contributed by atoms with van der Waals surface area (Å²) < 4.78 is 2.02. The van der Waals surface area contributed by atoms with Crippen molar-refractivity contribution in [3.8, 4) is 0 Å². The second-order valence-electron chi connectivity index (χ2n) is 5.28. The fraction of sp³-hybridized carbons (Fsp3) is 0.786. The first-order chi connectivity index (χ1) is 8.88. The molecule has 102 valence electrons. The molecule has 4 nitrogen and oxygen atoms in total. The van der Waals surface area contributed by atoms with Gasteiger partial charge in [0.15, 0.2) is 0 Å². The first-order valence-corrected chi connectivity index (χ1v) is 7.29. The fourth-order valence-corrected chi connectivity index (χ4v) is 2.65. The Morgan fingerprint density at radius 1 is 1.39 bits per heavy atom. The van der Waals surface area contributed by atoms with Crippen molar-refractivity contribution in [2.24, 2.45) is 5.92 Å². The molecule has 1 aromatic rings. The van der Waals surface area contributed by atoms with Crippen LogP contribution in [0.4, 0.5) is 0 Å². The first-order valence-electron chi connectivity index (χ1n) is 7.29. The second kappa shape index (κ2) is 7.54. The Hall–Kier alpha value is -0.870. The summed E-state index contributed by atoms with van der Waals surface area (Å²) in [6, 6.07) is 1.99. The molecule has 1 aromatic heterocycles. The van der Waals surface area contributed by atoms with Gasteiger partial charge < -0.3 is 10.2 Å². The van der Waals surface area contributed by atoms with Gasteiger partial charge in [0.2, 0.25) is 0 Å². The molecule has 1 fully saturated rings. The summed E-state index contributed by atoms with van der Waals surface area (Å²) in [4.78, 5) is 2.60. The van der Waals surface area contributed by atoms with Gasteiger partial charge >= 0.3 is 0 Å². The van der Waals surface area contributed by atoms with E-state index in [9.17, 15) is 0 Å². The highest BCUT2D eigenvalue weighted by Crippen LogP contribution is 2.15. The molecule has 0 aliphatic carbocycles. The van der Waals surface area contributed by atoms with E-state index in [0.29, 0.717) is 0 Å². The molecule has 1 aliphatic rings. The predicted molar refractivity (Wildman–Crippen MR) is 74.6 cm³/mol. The largest absolute Gasteiger partial charge is 0.316 e. The Kier molecular flexibility index (Phi) is 5.68. The number of aryl methyl sites for hydroxylation is 1. The van der Waals surface area contributed by atoms with Crippen LogP contribution in [-0.4, -0.2) is 47.4 Å². The summed E-state index contributed by atoms with van der Waals surface area (Å²) in [6.07, 6.45) is 7.70. The molecule has 4 heteroatoms. The average molecular weight is 250 g/mol. The molecular formula is C14H26N4. The van der Waals surface area contributed by atoms with Crippen LogP contribution in [0.5, 0.6) is 0 Å². The third-order valence-electron chi connectivity index (χ3n) is 3.65. The topological polar surface area (TPSA) is 33.1 Å². The number of likely N-dealkylation sites (tertiary alicyclic amines) is 1. The Morgan fingerprint density at radius 2 is 2.33 bits per heavy atom. The normalized spacial score (nSPS) is 20.6. The molecule has 1 aliphatic heterocycles. The lowest BCUT2D eigenvalue weighted by atomic mass is 10.1. The molecule has 1 saturated heterocycles. The minimum atomic E-state index is 0.862. The molecule has 0 spiro atoms. The van der Waals surface area contributed by atoms with Gasteiger partial charge in [-0.25, -0.2) is 0 Å². The molecule has 0 saturated carbocycles. The van der Waals surface area contributed by atoms with Gasteiger partial charge in [-0.05, 0) is 57.4 Å². The number of nitrogens with zero attached hydrogens (tertiary/aromatic N) is 3. The maximum Gasteiger partial charge on any atom is 0.0489 e. The van der Waals surface area contributed by atoms with Crippen LogP contribution < -0.4 is 5.32 Å². The summed E-state index contributed by atoms with van der Waals surface area (Å²) in [6.45, 7) is 9.39. The quantitative estimate of drug-likeness (QED) is 0.711. The van der Waals surface area contributed by atoms with Crippen molar-refractivity contribution in [3.63, 3.8) is 0 Å². The van der Waals surface area contributed by atoms with E-state index in [1.165, 1.54) is 45.4 Å². The van der Waals surface area contributed by atoms with Crippen molar-refractivity contribution in [2.75, 3.05) is 32.7 Å². The summed E-state index contributed by atoms with van der Waals surface area (Å²) in [5, 5.41) is 7.77. The van der Waals surface area contributed by atoms with Crippen LogP contribution >= 0.6 is 0 Å². The molecule has 2 heterocycles. The molecule has 18 heavy (non-hydrogen) atoms. The first kappa shape index (κ1) is 13.6. The summed E-state index contributed by atoms with van der Waals surface area (Å²) in [5.41, 5.74) is 0. The van der Waals surface area contributed by atoms with Crippen LogP contribution in [0, 0.1) is 5.92 Å². The Balaban J connectivity index is 1.55. The van der Waals surface area contributed by atoms with Crippen LogP contribution in [0.15, 0.2) is 18.5 Å². The van der Waals surface area contributed by atoms with Gasteiger partial charge in [-0.1, -0.05) is 6.92 Å². The SMILES string of the molecule is CCCNCC1CCN(CCCn2cccn2)C1. The summed E-state index contributed by atoms with van der Waals surface area (Å²) >= 11 is 0. The van der Waals surface area contributed by atoms with E-state index in [4.69, 9.17) is 0 Å². The molecule has 0 amide bonds. The van der Waals surface area contributed by atoms with Crippen LogP contribution in [0.3, 0.4) is 0 Å². The Morgan fingerprint density at radius 3 is 3.11 bits per heavy atom. The van der Waals surface area contributed by atoms with E-state index < -0.39 is 0 Å². The molecule has 0 radical (unpaired) electrons. The van der Waals surface area contributed by atoms with E-state index in [-0.39, 0.29) is 0 Å². The minimum absolute atomic E-state index is 0.862. The van der Waals surface area contributed by atoms with E-state index in [1.807, 2.05) is 23.1 Å². The third kappa shape index (κ3) is 4.42. The zero-order valence-electron chi connectivity index (χ0n) is 11.5. The molecule has 1 unspecified atom stereocenters. The smallest absolute Gasteiger partial charge is 0.0489 e. The van der Waals surface area contributed by atoms with Crippen molar-refractivity contribution >= 4 is 0 Å². The molecule has 1 N–H and O–H groups in total. The molecule has 0 bridgehead atoms. The lowest BCUT2D eigenvalue weighted by Gasteiger charge is -2.16. The van der Waals surface area contributed by atoms with Gasteiger partial charge in [0.05, 0.1) is 0 Å². The molecular weight excluding hydrogens is 224 g/mol. The lowest BCUT2D eigenvalue weighted by molar-refractivity contribution is 0.307. The standard InChI is InChI=1S/C14H26N4/c1-2-6-15-12-14-5-11-17(13-14)8-4-10-18-9-3-7-16-18/h3,7,9,14-15H,2,4-6,8,10-13H2,1H3. The Bertz CT molecular complexity index is 310. The monoisotopic (exact) mass is 250 g/mol. The molecule has 0 aromatic carbocycles. The van der Waals surface area contributed by atoms with Gasteiger partial charge in [0, 0.05) is 25.5 Å². The number of hydrogen-bond donors (Lipinski definition) is 1. The molecule has 2 rings (SSSR count). The Labute approximate surface area is 110 Å². The second-order valence-corrected chi connectivity index (χ2v) is 5.28. The highest BCUT2D eigenvalue weighted by molar-refractivity contribution is 4.79. The highest BCUT2D eigenvalue weighted by Gasteiger charge is 2.21. The molecule has 1 atom stereocenters. The van der Waals surface area contributed by atoms with Gasteiger partial charge in [-0.3, -0.25) is 4.68 Å². The van der Waals surface area contributed by atoms with Crippen molar-refractivity contribution in [1.29, 1.82) is 0 Å². The number of rotatable bonds is 8. The van der Waals surface area contributed by atoms with Crippen LogP contribution in [0.1, 0.15) is 26.2 Å². The predicted octanol–water partition coefficient (Wildman–Crippen LogP) is 1.59. The zero-order chi connectivity index (χ0) is 12.6. The van der Waals surface area contributed by atoms with Crippen molar-refractivity contribution in [3.05, 3.63) is 18.5 Å². The van der Waals surface area contributed by atoms with Crippen LogP contribution in [0.2, 0.25) is 0 Å². The van der Waals surface area contributed by atoms with Crippen molar-refractivity contribution in [2.45, 2.75) is 32.7 Å². The zero-order valence-corrected chi connectivity index (χ0v) is 11.5. The van der Waals surface area contributed by atoms with Gasteiger partial charge in [-0.15, -0.1) is 0 Å². The van der Waals surface area contributed by atoms with Crippen LogP contribution in [0.25, 0.3) is 0 Å². The summed E-state index contributed by atoms with van der Waals surface area (Å²) in [7, 11) is 0. The van der Waals surface area contributed by atoms with Gasteiger partial charge in [-0.2, -0.15) is 5.10 Å². The van der Waals surface area contributed by atoms with Crippen molar-refractivity contribution in [1.82, 2.24) is 20.0 Å². The van der Waals surface area contributed by atoms with Crippen molar-refractivity contribution < 1.29 is 0 Å². The summed E-state index contributed by atoms with van der Waals surface area (Å²) in [5.74, 6) is 0.862. The van der Waals surface area contributed by atoms with E-state index in [1.54, 1.807) is 0 Å². The van der Waals surface area contributed by atoms with Crippen LogP contribution in [-0.2, 0) is 6.54 Å².